The zero-order chi connectivity index (χ0) is 21.4. The summed E-state index contributed by atoms with van der Waals surface area (Å²) < 4.78 is 82.8. The molecule has 0 N–H and O–H groups in total. The maximum absolute atomic E-state index is 13.5. The van der Waals surface area contributed by atoms with Crippen LogP contribution in [0.1, 0.15) is 5.76 Å². The Hall–Kier alpha value is -3.21. The Morgan fingerprint density at radius 3 is 2.28 bits per heavy atom. The van der Waals surface area contributed by atoms with Crippen molar-refractivity contribution in [2.75, 3.05) is 13.4 Å². The van der Waals surface area contributed by atoms with E-state index in [1.165, 1.54) is 25.3 Å². The first kappa shape index (κ1) is 20.5. The number of alkyl halides is 3. The average Bonchev–Trinajstić information content (AvgIpc) is 2.62. The van der Waals surface area contributed by atoms with E-state index in [2.05, 4.69) is 4.18 Å². The van der Waals surface area contributed by atoms with Gasteiger partial charge < -0.3 is 18.1 Å². The summed E-state index contributed by atoms with van der Waals surface area (Å²) in [5.74, 6) is -3.08. The van der Waals surface area contributed by atoms with Gasteiger partial charge in [0, 0.05) is 6.07 Å². The molecule has 7 nitrogen and oxygen atoms in total. The Kier molecular flexibility index (Phi) is 5.18. The largest absolute Gasteiger partial charge is 0.493 e. The second-order valence-electron chi connectivity index (χ2n) is 5.79. The third-order valence-corrected chi connectivity index (χ3v) is 4.10. The molecule has 154 valence electrons. The van der Waals surface area contributed by atoms with Gasteiger partial charge in [-0.3, -0.25) is 4.79 Å². The molecule has 0 unspecified atom stereocenters. The number of para-hydroxylation sites is 2. The van der Waals surface area contributed by atoms with Crippen molar-refractivity contribution in [3.05, 3.63) is 58.4 Å². The summed E-state index contributed by atoms with van der Waals surface area (Å²) in [6, 6.07) is 8.90. The van der Waals surface area contributed by atoms with Gasteiger partial charge in [-0.2, -0.15) is 21.6 Å². The summed E-state index contributed by atoms with van der Waals surface area (Å²) in [7, 11) is -2.64. The van der Waals surface area contributed by atoms with Crippen molar-refractivity contribution in [3.63, 3.8) is 0 Å². The number of hydrogen-bond donors (Lipinski definition) is 0. The van der Waals surface area contributed by atoms with Gasteiger partial charge in [-0.05, 0) is 24.3 Å². The fraction of sp³-hybridized carbons (Fsp3) is 0.167. The number of fused-ring (bicyclic) bond motifs is 1. The minimum atomic E-state index is -5.07. The molecule has 11 heteroatoms. The fourth-order valence-electron chi connectivity index (χ4n) is 2.48. The molecule has 0 aliphatic rings. The van der Waals surface area contributed by atoms with Crippen LogP contribution in [0, 0.1) is 0 Å². The molecule has 0 spiro atoms. The van der Waals surface area contributed by atoms with Gasteiger partial charge in [0.1, 0.15) is 11.3 Å². The molecule has 0 radical (unpaired) electrons. The molecule has 3 aromatic rings. The van der Waals surface area contributed by atoms with Gasteiger partial charge in [-0.1, -0.05) is 12.1 Å². The number of benzene rings is 2. The first-order valence-electron chi connectivity index (χ1n) is 7.88. The third kappa shape index (κ3) is 4.45. The Morgan fingerprint density at radius 2 is 1.69 bits per heavy atom. The molecule has 0 amide bonds. The molecular formula is C18H13F3O7S. The lowest BCUT2D eigenvalue weighted by Gasteiger charge is -2.15. The minimum Gasteiger partial charge on any atom is -0.493 e. The topological polar surface area (TPSA) is 92.0 Å². The highest BCUT2D eigenvalue weighted by Crippen LogP contribution is 2.40. The minimum absolute atomic E-state index is 0.108. The maximum Gasteiger partial charge on any atom is 0.453 e. The fourth-order valence-corrected chi connectivity index (χ4v) is 2.93. The molecule has 0 fully saturated rings. The highest BCUT2D eigenvalue weighted by atomic mass is 32.2. The van der Waals surface area contributed by atoms with Gasteiger partial charge in [-0.15, -0.1) is 0 Å². The van der Waals surface area contributed by atoms with Crippen molar-refractivity contribution in [3.8, 4) is 23.0 Å². The SMILES string of the molecule is COc1ccccc1Oc1c(C(F)(F)F)oc2cc(OS(C)(=O)=O)ccc2c1=O. The van der Waals surface area contributed by atoms with Crippen molar-refractivity contribution in [1.82, 2.24) is 0 Å². The van der Waals surface area contributed by atoms with Crippen LogP contribution in [-0.2, 0) is 16.3 Å². The molecule has 3 rings (SSSR count). The average molecular weight is 430 g/mol. The van der Waals surface area contributed by atoms with Gasteiger partial charge in [0.2, 0.25) is 11.2 Å². The van der Waals surface area contributed by atoms with E-state index in [1.54, 1.807) is 6.07 Å². The van der Waals surface area contributed by atoms with Crippen molar-refractivity contribution in [2.45, 2.75) is 6.18 Å². The molecule has 0 aliphatic carbocycles. The first-order valence-corrected chi connectivity index (χ1v) is 9.69. The number of rotatable bonds is 5. The van der Waals surface area contributed by atoms with Gasteiger partial charge in [0.25, 0.3) is 5.76 Å². The lowest BCUT2D eigenvalue weighted by molar-refractivity contribution is -0.154. The van der Waals surface area contributed by atoms with Crippen LogP contribution in [0.2, 0.25) is 0 Å². The van der Waals surface area contributed by atoms with E-state index >= 15 is 0 Å². The summed E-state index contributed by atoms with van der Waals surface area (Å²) in [6.45, 7) is 0. The van der Waals surface area contributed by atoms with E-state index in [0.717, 1.165) is 24.5 Å². The van der Waals surface area contributed by atoms with Crippen molar-refractivity contribution in [1.29, 1.82) is 0 Å². The smallest absolute Gasteiger partial charge is 0.453 e. The van der Waals surface area contributed by atoms with Crippen LogP contribution < -0.4 is 19.1 Å². The Morgan fingerprint density at radius 1 is 1.03 bits per heavy atom. The second-order valence-corrected chi connectivity index (χ2v) is 7.36. The highest BCUT2D eigenvalue weighted by Gasteiger charge is 2.40. The van der Waals surface area contributed by atoms with E-state index in [4.69, 9.17) is 13.9 Å². The van der Waals surface area contributed by atoms with Gasteiger partial charge in [0.05, 0.1) is 18.8 Å². The Bertz CT molecular complexity index is 1230. The van der Waals surface area contributed by atoms with Crippen LogP contribution in [-0.4, -0.2) is 21.8 Å². The number of hydrogen-bond acceptors (Lipinski definition) is 7. The standard InChI is InChI=1S/C18H13F3O7S/c1-25-12-5-3-4-6-13(12)26-16-15(22)11-8-7-10(28-29(2,23)24)9-14(11)27-17(16)18(19,20)21/h3-9H,1-2H3. The van der Waals surface area contributed by atoms with E-state index < -0.39 is 38.8 Å². The van der Waals surface area contributed by atoms with Crippen molar-refractivity contribution in [2.24, 2.45) is 0 Å². The predicted octanol–water partition coefficient (Wildman–Crippen LogP) is 3.95. The summed E-state index contributed by atoms with van der Waals surface area (Å²) in [5.41, 5.74) is -1.62. The second kappa shape index (κ2) is 7.32. The van der Waals surface area contributed by atoms with Crippen LogP contribution in [0.15, 0.2) is 51.7 Å². The van der Waals surface area contributed by atoms with Crippen LogP contribution >= 0.6 is 0 Å². The van der Waals surface area contributed by atoms with E-state index in [9.17, 15) is 26.4 Å². The van der Waals surface area contributed by atoms with Gasteiger partial charge in [0.15, 0.2) is 11.5 Å². The zero-order valence-electron chi connectivity index (χ0n) is 14.9. The monoisotopic (exact) mass is 430 g/mol. The van der Waals surface area contributed by atoms with E-state index in [0.29, 0.717) is 0 Å². The van der Waals surface area contributed by atoms with Gasteiger partial charge in [-0.25, -0.2) is 0 Å². The molecule has 0 atom stereocenters. The molecule has 1 aromatic heterocycles. The summed E-state index contributed by atoms with van der Waals surface area (Å²) in [6.07, 6.45) is -4.31. The van der Waals surface area contributed by atoms with Crippen molar-refractivity contribution >= 4 is 21.1 Å². The van der Waals surface area contributed by atoms with E-state index in [-0.39, 0.29) is 22.6 Å². The predicted molar refractivity (Wildman–Crippen MR) is 96.0 cm³/mol. The highest BCUT2D eigenvalue weighted by molar-refractivity contribution is 7.86. The molecule has 0 saturated carbocycles. The molecule has 1 heterocycles. The van der Waals surface area contributed by atoms with Crippen LogP contribution in [0.3, 0.4) is 0 Å². The van der Waals surface area contributed by atoms with Crippen LogP contribution in [0.4, 0.5) is 13.2 Å². The molecular weight excluding hydrogens is 417 g/mol. The Balaban J connectivity index is 2.22. The summed E-state index contributed by atoms with van der Waals surface area (Å²) in [4.78, 5) is 12.7. The number of methoxy groups -OCH3 is 1. The van der Waals surface area contributed by atoms with Crippen LogP contribution in [0.5, 0.6) is 23.0 Å². The summed E-state index contributed by atoms with van der Waals surface area (Å²) >= 11 is 0. The van der Waals surface area contributed by atoms with Gasteiger partial charge >= 0.3 is 16.3 Å². The number of halogens is 3. The lowest BCUT2D eigenvalue weighted by atomic mass is 10.2. The molecule has 0 aliphatic heterocycles. The van der Waals surface area contributed by atoms with Crippen LogP contribution in [0.25, 0.3) is 11.0 Å². The molecule has 0 saturated heterocycles. The zero-order valence-corrected chi connectivity index (χ0v) is 15.8. The normalized spacial score (nSPS) is 12.0. The maximum atomic E-state index is 13.5. The van der Waals surface area contributed by atoms with E-state index in [1.807, 2.05) is 0 Å². The molecule has 2 aromatic carbocycles. The third-order valence-electron chi connectivity index (χ3n) is 3.61. The first-order chi connectivity index (χ1) is 13.5. The summed E-state index contributed by atoms with van der Waals surface area (Å²) in [5, 5.41) is -0.260. The van der Waals surface area contributed by atoms with Crippen molar-refractivity contribution < 1.29 is 39.7 Å². The molecule has 0 bridgehead atoms. The Labute approximate surface area is 162 Å². The number of ether oxygens (including phenoxy) is 2. The lowest BCUT2D eigenvalue weighted by Crippen LogP contribution is -2.16. The quantitative estimate of drug-likeness (QED) is 0.566. The molecule has 29 heavy (non-hydrogen) atoms.